The van der Waals surface area contributed by atoms with Crippen molar-refractivity contribution in [2.45, 2.75) is 54.4 Å². The van der Waals surface area contributed by atoms with Gasteiger partial charge in [-0.05, 0) is 29.4 Å². The minimum absolute atomic E-state index is 0.0139. The van der Waals surface area contributed by atoms with Crippen molar-refractivity contribution >= 4 is 17.7 Å². The van der Waals surface area contributed by atoms with Crippen LogP contribution in [0.15, 0.2) is 0 Å². The number of carbonyl (C=O) groups excluding carboxylic acids is 1. The van der Waals surface area contributed by atoms with Gasteiger partial charge in [0.2, 0.25) is 5.91 Å². The summed E-state index contributed by atoms with van der Waals surface area (Å²) in [5, 5.41) is 0. The highest BCUT2D eigenvalue weighted by atomic mass is 32.2. The van der Waals surface area contributed by atoms with E-state index in [4.69, 9.17) is 5.73 Å². The first-order chi connectivity index (χ1) is 7.51. The molecule has 0 radical (unpaired) electrons. The van der Waals surface area contributed by atoms with Crippen LogP contribution in [-0.4, -0.2) is 17.4 Å². The predicted molar refractivity (Wildman–Crippen MR) is 78.2 cm³/mol. The number of carbonyl (C=O) groups is 1. The van der Waals surface area contributed by atoms with E-state index in [-0.39, 0.29) is 17.2 Å². The molecule has 0 fully saturated rings. The fourth-order valence-corrected chi connectivity index (χ4v) is 3.07. The normalized spacial score (nSPS) is 14.7. The van der Waals surface area contributed by atoms with Crippen molar-refractivity contribution in [3.05, 3.63) is 0 Å². The Morgan fingerprint density at radius 3 is 2.00 bits per heavy atom. The molecule has 3 heteroatoms. The molecule has 0 unspecified atom stereocenters. The molecule has 0 spiro atoms. The van der Waals surface area contributed by atoms with Gasteiger partial charge in [0.25, 0.3) is 0 Å². The maximum Gasteiger partial charge on any atom is 0.221 e. The van der Waals surface area contributed by atoms with Crippen molar-refractivity contribution in [2.75, 3.05) is 11.5 Å². The summed E-state index contributed by atoms with van der Waals surface area (Å²) in [6.07, 6.45) is 2.06. The number of amides is 1. The third-order valence-electron chi connectivity index (χ3n) is 2.58. The van der Waals surface area contributed by atoms with Gasteiger partial charge in [0.1, 0.15) is 0 Å². The predicted octanol–water partition coefficient (Wildman–Crippen LogP) is 3.69. The quantitative estimate of drug-likeness (QED) is 0.739. The van der Waals surface area contributed by atoms with Crippen LogP contribution in [0.4, 0.5) is 0 Å². The third-order valence-corrected chi connectivity index (χ3v) is 3.71. The van der Waals surface area contributed by atoms with Crippen molar-refractivity contribution in [3.8, 4) is 0 Å². The average molecular weight is 259 g/mol. The molecule has 0 heterocycles. The zero-order valence-corrected chi connectivity index (χ0v) is 13.1. The number of primary amides is 1. The van der Waals surface area contributed by atoms with Crippen LogP contribution < -0.4 is 5.73 Å². The van der Waals surface area contributed by atoms with Crippen LogP contribution in [-0.2, 0) is 4.79 Å². The number of thioether (sulfide) groups is 1. The molecule has 0 rings (SSSR count). The van der Waals surface area contributed by atoms with E-state index >= 15 is 0 Å². The van der Waals surface area contributed by atoms with Crippen LogP contribution in [0.25, 0.3) is 0 Å². The molecule has 2 N–H and O–H groups in total. The Morgan fingerprint density at radius 1 is 1.12 bits per heavy atom. The summed E-state index contributed by atoms with van der Waals surface area (Å²) in [7, 11) is 0. The fraction of sp³-hybridized carbons (Fsp3) is 0.929. The highest BCUT2D eigenvalue weighted by molar-refractivity contribution is 7.99. The lowest BCUT2D eigenvalue weighted by Crippen LogP contribution is -2.29. The molecule has 102 valence electrons. The van der Waals surface area contributed by atoms with Gasteiger partial charge in [-0.2, -0.15) is 11.8 Å². The lowest BCUT2D eigenvalue weighted by molar-refractivity contribution is -0.121. The molecule has 0 aromatic heterocycles. The first-order valence-corrected chi connectivity index (χ1v) is 7.54. The lowest BCUT2D eigenvalue weighted by Gasteiger charge is -2.24. The number of rotatable bonds is 6. The minimum atomic E-state index is -0.150. The zero-order valence-electron chi connectivity index (χ0n) is 12.3. The standard InChI is InChI=1S/C14H29NOS/c1-13(2,3)7-8-17-10-11(12(15)16)9-14(4,5)6/h11H,7-10H2,1-6H3,(H2,15,16)/t11-/m1/s1. The molecule has 1 amide bonds. The van der Waals surface area contributed by atoms with E-state index < -0.39 is 0 Å². The summed E-state index contributed by atoms with van der Waals surface area (Å²) < 4.78 is 0. The Labute approximate surface area is 111 Å². The molecule has 0 aromatic carbocycles. The van der Waals surface area contributed by atoms with Crippen molar-refractivity contribution in [1.82, 2.24) is 0 Å². The molecule has 0 saturated carbocycles. The van der Waals surface area contributed by atoms with Crippen molar-refractivity contribution in [3.63, 3.8) is 0 Å². The van der Waals surface area contributed by atoms with Gasteiger partial charge in [-0.1, -0.05) is 41.5 Å². The van der Waals surface area contributed by atoms with Gasteiger partial charge in [-0.15, -0.1) is 0 Å². The van der Waals surface area contributed by atoms with Crippen LogP contribution in [0.3, 0.4) is 0 Å². The fourth-order valence-electron chi connectivity index (χ4n) is 1.58. The topological polar surface area (TPSA) is 43.1 Å². The smallest absolute Gasteiger partial charge is 0.221 e. The Kier molecular flexibility index (Phi) is 6.60. The summed E-state index contributed by atoms with van der Waals surface area (Å²) in [5.74, 6) is 1.84. The second-order valence-electron chi connectivity index (χ2n) is 7.25. The highest BCUT2D eigenvalue weighted by Gasteiger charge is 2.23. The van der Waals surface area contributed by atoms with Crippen molar-refractivity contribution in [1.29, 1.82) is 0 Å². The number of hydrogen-bond acceptors (Lipinski definition) is 2. The van der Waals surface area contributed by atoms with E-state index in [2.05, 4.69) is 41.5 Å². The summed E-state index contributed by atoms with van der Waals surface area (Å²) in [5.41, 5.74) is 6.00. The van der Waals surface area contributed by atoms with Crippen molar-refractivity contribution in [2.24, 2.45) is 22.5 Å². The third kappa shape index (κ3) is 10.7. The van der Waals surface area contributed by atoms with E-state index in [1.54, 1.807) is 0 Å². The molecule has 2 nitrogen and oxygen atoms in total. The molecule has 1 atom stereocenters. The van der Waals surface area contributed by atoms with E-state index in [1.807, 2.05) is 11.8 Å². The number of nitrogens with two attached hydrogens (primary N) is 1. The Balaban J connectivity index is 3.99. The SMILES string of the molecule is CC(C)(C)CCSC[C@@H](CC(C)(C)C)C(N)=O. The Hall–Kier alpha value is -0.180. The molecule has 0 aliphatic carbocycles. The second-order valence-corrected chi connectivity index (χ2v) is 8.40. The Bertz CT molecular complexity index is 238. The van der Waals surface area contributed by atoms with Crippen LogP contribution in [0.2, 0.25) is 0 Å². The molecular weight excluding hydrogens is 230 g/mol. The monoisotopic (exact) mass is 259 g/mol. The largest absolute Gasteiger partial charge is 0.369 e. The zero-order chi connectivity index (χ0) is 13.7. The van der Waals surface area contributed by atoms with Gasteiger partial charge in [-0.3, -0.25) is 4.79 Å². The highest BCUT2D eigenvalue weighted by Crippen LogP contribution is 2.28. The second kappa shape index (κ2) is 6.67. The van der Waals surface area contributed by atoms with Crippen LogP contribution in [0.1, 0.15) is 54.4 Å². The number of hydrogen-bond donors (Lipinski definition) is 1. The molecule has 0 saturated heterocycles. The van der Waals surface area contributed by atoms with E-state index in [0.717, 1.165) is 17.9 Å². The van der Waals surface area contributed by atoms with E-state index in [9.17, 15) is 4.79 Å². The maximum absolute atomic E-state index is 11.4. The van der Waals surface area contributed by atoms with Gasteiger partial charge in [0, 0.05) is 11.7 Å². The van der Waals surface area contributed by atoms with E-state index in [1.165, 1.54) is 6.42 Å². The summed E-state index contributed by atoms with van der Waals surface area (Å²) in [6.45, 7) is 13.2. The van der Waals surface area contributed by atoms with Crippen molar-refractivity contribution < 1.29 is 4.79 Å². The molecule has 0 aliphatic heterocycles. The van der Waals surface area contributed by atoms with Crippen LogP contribution in [0.5, 0.6) is 0 Å². The minimum Gasteiger partial charge on any atom is -0.369 e. The van der Waals surface area contributed by atoms with Gasteiger partial charge < -0.3 is 5.73 Å². The molecule has 0 bridgehead atoms. The lowest BCUT2D eigenvalue weighted by atomic mass is 9.85. The van der Waals surface area contributed by atoms with Gasteiger partial charge in [0.05, 0.1) is 0 Å². The van der Waals surface area contributed by atoms with Crippen LogP contribution in [0, 0.1) is 16.7 Å². The average Bonchev–Trinajstić information content (AvgIpc) is 2.06. The first-order valence-electron chi connectivity index (χ1n) is 6.38. The molecule has 17 heavy (non-hydrogen) atoms. The summed E-state index contributed by atoms with van der Waals surface area (Å²) >= 11 is 1.86. The first kappa shape index (κ1) is 16.8. The molecular formula is C14H29NOS. The summed E-state index contributed by atoms with van der Waals surface area (Å²) in [4.78, 5) is 11.4. The molecule has 0 aromatic rings. The van der Waals surface area contributed by atoms with Gasteiger partial charge >= 0.3 is 0 Å². The van der Waals surface area contributed by atoms with E-state index in [0.29, 0.717) is 5.41 Å². The Morgan fingerprint density at radius 2 is 1.65 bits per heavy atom. The van der Waals surface area contributed by atoms with Gasteiger partial charge in [-0.25, -0.2) is 0 Å². The van der Waals surface area contributed by atoms with Crippen LogP contribution >= 0.6 is 11.8 Å². The summed E-state index contributed by atoms with van der Waals surface area (Å²) in [6, 6.07) is 0. The van der Waals surface area contributed by atoms with Gasteiger partial charge in [0.15, 0.2) is 0 Å². The maximum atomic E-state index is 11.4. The molecule has 0 aliphatic rings.